The van der Waals surface area contributed by atoms with E-state index < -0.39 is 17.4 Å². The largest absolute Gasteiger partial charge is 0.489 e. The van der Waals surface area contributed by atoms with Crippen molar-refractivity contribution >= 4 is 35.0 Å². The molecular weight excluding hydrogens is 441 g/mol. The summed E-state index contributed by atoms with van der Waals surface area (Å²) in [5.74, 6) is 0.0417. The van der Waals surface area contributed by atoms with Gasteiger partial charge in [-0.3, -0.25) is 14.8 Å². The number of fused-ring (bicyclic) bond motifs is 1. The van der Waals surface area contributed by atoms with Gasteiger partial charge < -0.3 is 9.64 Å². The van der Waals surface area contributed by atoms with Crippen LogP contribution in [0.3, 0.4) is 0 Å². The van der Waals surface area contributed by atoms with Crippen LogP contribution in [0.2, 0.25) is 10.3 Å². The van der Waals surface area contributed by atoms with E-state index in [9.17, 15) is 9.59 Å². The van der Waals surface area contributed by atoms with Crippen LogP contribution in [0.25, 0.3) is 0 Å². The van der Waals surface area contributed by atoms with Crippen molar-refractivity contribution in [3.8, 4) is 5.75 Å². The van der Waals surface area contributed by atoms with Crippen LogP contribution in [0.5, 0.6) is 5.75 Å². The molecule has 0 radical (unpaired) electrons. The molecule has 0 unspecified atom stereocenters. The molecule has 1 aromatic heterocycles. The number of nitrogens with one attached hydrogen (secondary N) is 1. The van der Waals surface area contributed by atoms with Crippen LogP contribution in [0.15, 0.2) is 36.4 Å². The van der Waals surface area contributed by atoms with Crippen LogP contribution in [-0.4, -0.2) is 39.0 Å². The molecule has 2 amide bonds. The highest BCUT2D eigenvalue weighted by molar-refractivity contribution is 6.32. The van der Waals surface area contributed by atoms with Crippen LogP contribution in [0.4, 0.5) is 0 Å². The monoisotopic (exact) mass is 463 g/mol. The van der Waals surface area contributed by atoms with Crippen LogP contribution in [0, 0.1) is 0 Å². The van der Waals surface area contributed by atoms with Gasteiger partial charge in [-0.15, -0.1) is 0 Å². The summed E-state index contributed by atoms with van der Waals surface area (Å²) in [6.45, 7) is 2.20. The van der Waals surface area contributed by atoms with Gasteiger partial charge in [0.15, 0.2) is 0 Å². The number of hydrogen-bond acceptors (Lipinski definition) is 5. The van der Waals surface area contributed by atoms with E-state index in [1.54, 1.807) is 22.5 Å². The predicted octanol–water partition coefficient (Wildman–Crippen LogP) is 3.88. The number of carbonyl (C=O) groups is 2. The lowest BCUT2D eigenvalue weighted by Crippen LogP contribution is -2.53. The molecule has 3 atom stereocenters. The van der Waals surface area contributed by atoms with Gasteiger partial charge >= 0.3 is 0 Å². The van der Waals surface area contributed by atoms with Gasteiger partial charge in [-0.1, -0.05) is 35.3 Å². The highest BCUT2D eigenvalue weighted by Gasteiger charge is 2.53. The summed E-state index contributed by atoms with van der Waals surface area (Å²) < 4.78 is 5.82. The average Bonchev–Trinajstić information content (AvgIpc) is 3.02. The molecule has 2 saturated heterocycles. The second-order valence-corrected chi connectivity index (χ2v) is 9.03. The molecule has 9 heteroatoms. The van der Waals surface area contributed by atoms with Crippen molar-refractivity contribution in [1.29, 1.82) is 0 Å². The van der Waals surface area contributed by atoms with Gasteiger partial charge in [0.1, 0.15) is 28.7 Å². The number of aromatic nitrogens is 1. The van der Waals surface area contributed by atoms with Crippen molar-refractivity contribution < 1.29 is 19.5 Å². The van der Waals surface area contributed by atoms with E-state index in [1.807, 2.05) is 31.2 Å². The Kier molecular flexibility index (Phi) is 6.10. The van der Waals surface area contributed by atoms with Gasteiger partial charge in [0.2, 0.25) is 5.91 Å². The Morgan fingerprint density at radius 1 is 1.26 bits per heavy atom. The normalized spacial score (nSPS) is 25.3. The zero-order chi connectivity index (χ0) is 22.2. The topological polar surface area (TPSA) is 91.8 Å². The van der Waals surface area contributed by atoms with Crippen molar-refractivity contribution in [2.24, 2.45) is 0 Å². The third kappa shape index (κ3) is 4.22. The number of hydroxylamine groups is 1. The first kappa shape index (κ1) is 21.9. The molecule has 2 fully saturated rings. The number of rotatable bonds is 5. The Morgan fingerprint density at radius 2 is 1.94 bits per heavy atom. The van der Waals surface area contributed by atoms with E-state index in [1.165, 1.54) is 0 Å². The highest BCUT2D eigenvalue weighted by atomic mass is 35.5. The molecule has 7 nitrogen and oxygen atoms in total. The van der Waals surface area contributed by atoms with Crippen LogP contribution >= 0.6 is 23.2 Å². The smallest absolute Gasteiger partial charge is 0.266 e. The molecule has 0 aliphatic carbocycles. The van der Waals surface area contributed by atoms with E-state index in [0.29, 0.717) is 28.9 Å². The molecule has 31 heavy (non-hydrogen) atoms. The summed E-state index contributed by atoms with van der Waals surface area (Å²) in [5.41, 5.74) is 2.65. The van der Waals surface area contributed by atoms with Gasteiger partial charge in [-0.25, -0.2) is 10.5 Å². The Hall–Kier alpha value is -2.35. The molecule has 1 aromatic carbocycles. The highest BCUT2D eigenvalue weighted by Crippen LogP contribution is 2.44. The Balaban J connectivity index is 1.49. The summed E-state index contributed by atoms with van der Waals surface area (Å²) in [5, 5.41) is 9.67. The van der Waals surface area contributed by atoms with Gasteiger partial charge in [0.25, 0.3) is 5.91 Å². The molecule has 2 aliphatic heterocycles. The number of hydrogen-bond donors (Lipinski definition) is 2. The fraction of sp³-hybridized carbons (Fsp3) is 0.409. The first-order chi connectivity index (χ1) is 14.8. The maximum absolute atomic E-state index is 13.4. The van der Waals surface area contributed by atoms with E-state index in [2.05, 4.69) is 4.98 Å². The fourth-order valence-electron chi connectivity index (χ4n) is 4.69. The molecule has 4 rings (SSSR count). The van der Waals surface area contributed by atoms with Crippen LogP contribution in [0.1, 0.15) is 43.7 Å². The molecule has 2 N–H and O–H groups in total. The summed E-state index contributed by atoms with van der Waals surface area (Å²) in [7, 11) is 0. The van der Waals surface area contributed by atoms with Crippen molar-refractivity contribution in [2.75, 3.05) is 0 Å². The minimum absolute atomic E-state index is 0.00864. The summed E-state index contributed by atoms with van der Waals surface area (Å²) in [6.07, 6.45) is 2.89. The summed E-state index contributed by atoms with van der Waals surface area (Å²) >= 11 is 11.8. The number of halogens is 2. The van der Waals surface area contributed by atoms with E-state index in [4.69, 9.17) is 33.1 Å². The second kappa shape index (κ2) is 8.65. The SMILES string of the molecule is C[C@@]1(c2ccc(OCc3cc(Cl)nc(Cl)c3)cc2)C[C@H]2CCC[C@@H](C(=O)NO)N2C1=O. The van der Waals surface area contributed by atoms with E-state index in [0.717, 1.165) is 24.0 Å². The molecule has 2 aliphatic rings. The molecule has 0 bridgehead atoms. The van der Waals surface area contributed by atoms with Crippen molar-refractivity contribution in [3.63, 3.8) is 0 Å². The average molecular weight is 464 g/mol. The number of pyridine rings is 1. The Morgan fingerprint density at radius 3 is 2.58 bits per heavy atom. The third-order valence-corrected chi connectivity index (χ3v) is 6.61. The summed E-state index contributed by atoms with van der Waals surface area (Å²) in [4.78, 5) is 31.0. The maximum Gasteiger partial charge on any atom is 0.266 e. The molecule has 0 spiro atoms. The standard InChI is InChI=1S/C22H23Cl2N3O4/c1-22(11-15-3-2-4-17(20(28)26-30)27(15)21(22)29)14-5-7-16(8-6-14)31-12-13-9-18(23)25-19(24)10-13/h5-10,15,17,30H,2-4,11-12H2,1H3,(H,26,28)/t15-,17+,22+/m1/s1. The Labute approximate surface area is 190 Å². The minimum Gasteiger partial charge on any atom is -0.489 e. The molecule has 3 heterocycles. The zero-order valence-corrected chi connectivity index (χ0v) is 18.5. The first-order valence-corrected chi connectivity index (χ1v) is 10.9. The van der Waals surface area contributed by atoms with Crippen LogP contribution < -0.4 is 10.2 Å². The van der Waals surface area contributed by atoms with Crippen molar-refractivity contribution in [1.82, 2.24) is 15.4 Å². The van der Waals surface area contributed by atoms with Gasteiger partial charge in [0.05, 0.1) is 5.41 Å². The molecule has 0 saturated carbocycles. The molecule has 2 aromatic rings. The number of amides is 2. The molecular formula is C22H23Cl2N3O4. The first-order valence-electron chi connectivity index (χ1n) is 10.1. The van der Waals surface area contributed by atoms with E-state index in [-0.39, 0.29) is 18.6 Å². The lowest BCUT2D eigenvalue weighted by atomic mass is 9.79. The number of ether oxygens (including phenoxy) is 1. The lowest BCUT2D eigenvalue weighted by molar-refractivity contribution is -0.147. The third-order valence-electron chi connectivity index (χ3n) is 6.23. The zero-order valence-electron chi connectivity index (χ0n) is 17.0. The quantitative estimate of drug-likeness (QED) is 0.398. The number of nitrogens with zero attached hydrogens (tertiary/aromatic N) is 2. The fourth-order valence-corrected chi connectivity index (χ4v) is 5.19. The van der Waals surface area contributed by atoms with Gasteiger partial charge in [-0.05, 0) is 68.0 Å². The summed E-state index contributed by atoms with van der Waals surface area (Å²) in [6, 6.07) is 10.2. The minimum atomic E-state index is -0.728. The van der Waals surface area contributed by atoms with Crippen molar-refractivity contribution in [3.05, 3.63) is 57.8 Å². The number of benzene rings is 1. The predicted molar refractivity (Wildman–Crippen MR) is 115 cm³/mol. The number of piperidine rings is 1. The van der Waals surface area contributed by atoms with Gasteiger partial charge in [0, 0.05) is 6.04 Å². The lowest BCUT2D eigenvalue weighted by Gasteiger charge is -2.36. The van der Waals surface area contributed by atoms with Crippen LogP contribution in [-0.2, 0) is 21.6 Å². The van der Waals surface area contributed by atoms with Gasteiger partial charge in [-0.2, -0.15) is 0 Å². The molecule has 164 valence electrons. The number of carbonyl (C=O) groups excluding carboxylic acids is 2. The van der Waals surface area contributed by atoms with E-state index >= 15 is 0 Å². The maximum atomic E-state index is 13.4. The Bertz CT molecular complexity index is 981. The second-order valence-electron chi connectivity index (χ2n) is 8.26. The van der Waals surface area contributed by atoms with Crippen molar-refractivity contribution in [2.45, 2.75) is 56.7 Å².